The smallest absolute Gasteiger partial charge is 0.369 e. The van der Waals surface area contributed by atoms with Crippen LogP contribution in [0, 0.1) is 0 Å². The van der Waals surface area contributed by atoms with Gasteiger partial charge in [0.15, 0.2) is 0 Å². The predicted octanol–water partition coefficient (Wildman–Crippen LogP) is 2.68. The Morgan fingerprint density at radius 1 is 0.941 bits per heavy atom. The SMILES string of the molecule is CC.CCCN1CCN(C(=O)CN2CCN(c3cccc(C(=O)NCC(F)(F)F)c3)CC2)CC1. The first-order valence-corrected chi connectivity index (χ1v) is 12.2. The summed E-state index contributed by atoms with van der Waals surface area (Å²) < 4.78 is 37.0. The van der Waals surface area contributed by atoms with Crippen molar-refractivity contribution in [3.8, 4) is 0 Å². The first-order chi connectivity index (χ1) is 16.2. The maximum Gasteiger partial charge on any atom is 0.405 e. The number of benzene rings is 1. The van der Waals surface area contributed by atoms with Crippen LogP contribution in [0.4, 0.5) is 18.9 Å². The molecule has 0 aliphatic carbocycles. The van der Waals surface area contributed by atoms with Gasteiger partial charge in [-0.3, -0.25) is 19.4 Å². The van der Waals surface area contributed by atoms with E-state index in [0.29, 0.717) is 32.7 Å². The average molecular weight is 486 g/mol. The van der Waals surface area contributed by atoms with Gasteiger partial charge in [-0.15, -0.1) is 0 Å². The van der Waals surface area contributed by atoms with Gasteiger partial charge in [0.25, 0.3) is 5.91 Å². The topological polar surface area (TPSA) is 59.1 Å². The van der Waals surface area contributed by atoms with E-state index in [-0.39, 0.29) is 11.5 Å². The van der Waals surface area contributed by atoms with Crippen molar-refractivity contribution in [3.05, 3.63) is 29.8 Å². The molecule has 1 aromatic carbocycles. The van der Waals surface area contributed by atoms with Gasteiger partial charge >= 0.3 is 6.18 Å². The summed E-state index contributed by atoms with van der Waals surface area (Å²) in [6.45, 7) is 12.5. The monoisotopic (exact) mass is 485 g/mol. The summed E-state index contributed by atoms with van der Waals surface area (Å²) in [6, 6.07) is 6.63. The van der Waals surface area contributed by atoms with Crippen LogP contribution in [-0.2, 0) is 4.79 Å². The summed E-state index contributed by atoms with van der Waals surface area (Å²) in [5.74, 6) is -0.578. The number of rotatable bonds is 7. The van der Waals surface area contributed by atoms with E-state index in [9.17, 15) is 22.8 Å². The molecular weight excluding hydrogens is 447 g/mol. The third kappa shape index (κ3) is 8.79. The molecule has 0 unspecified atom stereocenters. The number of amides is 2. The van der Waals surface area contributed by atoms with E-state index in [2.05, 4.69) is 21.6 Å². The summed E-state index contributed by atoms with van der Waals surface area (Å²) in [6.07, 6.45) is -3.32. The molecule has 0 aromatic heterocycles. The molecule has 2 heterocycles. The van der Waals surface area contributed by atoms with Gasteiger partial charge < -0.3 is 15.1 Å². The van der Waals surface area contributed by atoms with E-state index in [1.165, 1.54) is 6.07 Å². The Morgan fingerprint density at radius 2 is 1.56 bits per heavy atom. The molecule has 3 rings (SSSR count). The lowest BCUT2D eigenvalue weighted by atomic mass is 10.1. The van der Waals surface area contributed by atoms with Gasteiger partial charge in [0.2, 0.25) is 5.91 Å². The molecule has 2 fully saturated rings. The van der Waals surface area contributed by atoms with Gasteiger partial charge in [-0.05, 0) is 31.2 Å². The van der Waals surface area contributed by atoms with E-state index >= 15 is 0 Å². The lowest BCUT2D eigenvalue weighted by Crippen LogP contribution is -2.53. The maximum absolute atomic E-state index is 12.7. The van der Waals surface area contributed by atoms with Crippen molar-refractivity contribution in [2.24, 2.45) is 0 Å². The number of carbonyl (C=O) groups is 2. The number of alkyl halides is 3. The maximum atomic E-state index is 12.7. The van der Waals surface area contributed by atoms with Gasteiger partial charge in [-0.25, -0.2) is 0 Å². The Balaban J connectivity index is 0.00000199. The number of anilines is 1. The first-order valence-electron chi connectivity index (χ1n) is 12.2. The number of hydrogen-bond acceptors (Lipinski definition) is 5. The summed E-state index contributed by atoms with van der Waals surface area (Å²) >= 11 is 0. The number of nitrogens with one attached hydrogen (secondary N) is 1. The molecule has 1 N–H and O–H groups in total. The normalized spacial score (nSPS) is 17.7. The number of hydrogen-bond donors (Lipinski definition) is 1. The van der Waals surface area contributed by atoms with Crippen molar-refractivity contribution in [3.63, 3.8) is 0 Å². The van der Waals surface area contributed by atoms with Gasteiger partial charge in [-0.1, -0.05) is 26.8 Å². The Labute approximate surface area is 200 Å². The third-order valence-corrected chi connectivity index (χ3v) is 5.92. The minimum atomic E-state index is -4.44. The fourth-order valence-corrected chi connectivity index (χ4v) is 4.12. The molecule has 2 saturated heterocycles. The molecule has 2 aliphatic heterocycles. The molecule has 7 nitrogen and oxygen atoms in total. The second-order valence-electron chi connectivity index (χ2n) is 8.33. The Kier molecular flexibility index (Phi) is 11.1. The minimum absolute atomic E-state index is 0.165. The molecule has 0 bridgehead atoms. The zero-order valence-corrected chi connectivity index (χ0v) is 20.5. The quantitative estimate of drug-likeness (QED) is 0.644. The molecule has 0 radical (unpaired) electrons. The molecule has 34 heavy (non-hydrogen) atoms. The molecule has 192 valence electrons. The molecule has 0 spiro atoms. The van der Waals surface area contributed by atoms with Crippen molar-refractivity contribution < 1.29 is 22.8 Å². The van der Waals surface area contributed by atoms with Crippen LogP contribution in [0.1, 0.15) is 37.6 Å². The zero-order valence-electron chi connectivity index (χ0n) is 20.5. The number of piperazine rings is 2. The highest BCUT2D eigenvalue weighted by Gasteiger charge is 2.28. The highest BCUT2D eigenvalue weighted by atomic mass is 19.4. The summed E-state index contributed by atoms with van der Waals surface area (Å²) in [4.78, 5) is 33.2. The lowest BCUT2D eigenvalue weighted by molar-refractivity contribution is -0.134. The van der Waals surface area contributed by atoms with Gasteiger partial charge in [-0.2, -0.15) is 13.2 Å². The van der Waals surface area contributed by atoms with E-state index < -0.39 is 18.6 Å². The van der Waals surface area contributed by atoms with Crippen LogP contribution in [0.15, 0.2) is 24.3 Å². The lowest BCUT2D eigenvalue weighted by Gasteiger charge is -2.38. The average Bonchev–Trinajstić information content (AvgIpc) is 2.84. The number of nitrogens with zero attached hydrogens (tertiary/aromatic N) is 4. The molecule has 10 heteroatoms. The van der Waals surface area contributed by atoms with Crippen LogP contribution >= 0.6 is 0 Å². The van der Waals surface area contributed by atoms with Gasteiger partial charge in [0.05, 0.1) is 6.54 Å². The Morgan fingerprint density at radius 3 is 2.15 bits per heavy atom. The van der Waals surface area contributed by atoms with Crippen LogP contribution in [-0.4, -0.2) is 105 Å². The third-order valence-electron chi connectivity index (χ3n) is 5.92. The van der Waals surface area contributed by atoms with Crippen molar-refractivity contribution in [1.82, 2.24) is 20.0 Å². The molecular formula is C24H38F3N5O2. The molecule has 2 aliphatic rings. The van der Waals surface area contributed by atoms with E-state index in [4.69, 9.17) is 0 Å². The summed E-state index contributed by atoms with van der Waals surface area (Å²) in [5, 5.41) is 1.90. The van der Waals surface area contributed by atoms with Gasteiger partial charge in [0, 0.05) is 63.6 Å². The fraction of sp³-hybridized carbons (Fsp3) is 0.667. The van der Waals surface area contributed by atoms with E-state index in [0.717, 1.165) is 44.8 Å². The van der Waals surface area contributed by atoms with Crippen LogP contribution in [0.3, 0.4) is 0 Å². The van der Waals surface area contributed by atoms with Crippen LogP contribution in [0.25, 0.3) is 0 Å². The van der Waals surface area contributed by atoms with Crippen LogP contribution in [0.2, 0.25) is 0 Å². The van der Waals surface area contributed by atoms with Crippen molar-refractivity contribution >= 4 is 17.5 Å². The molecule has 0 atom stereocenters. The highest BCUT2D eigenvalue weighted by Crippen LogP contribution is 2.19. The first kappa shape index (κ1) is 27.9. The van der Waals surface area contributed by atoms with E-state index in [1.807, 2.05) is 30.1 Å². The minimum Gasteiger partial charge on any atom is -0.369 e. The van der Waals surface area contributed by atoms with E-state index in [1.54, 1.807) is 12.1 Å². The Bertz CT molecular complexity index is 774. The standard InChI is InChI=1S/C22H32F3N5O2.C2H6/c1-2-6-27-7-13-30(14-8-27)20(31)16-28-9-11-29(12-10-28)19-5-3-4-18(15-19)21(32)26-17-22(23,24)25;1-2/h3-5,15H,2,6-14,16-17H2,1H3,(H,26,32);1-2H3. The van der Waals surface area contributed by atoms with Crippen LogP contribution in [0.5, 0.6) is 0 Å². The second-order valence-corrected chi connectivity index (χ2v) is 8.33. The van der Waals surface area contributed by atoms with Crippen molar-refractivity contribution in [1.29, 1.82) is 0 Å². The molecule has 0 saturated carbocycles. The zero-order chi connectivity index (χ0) is 25.1. The second kappa shape index (κ2) is 13.5. The fourth-order valence-electron chi connectivity index (χ4n) is 4.12. The Hall–Kier alpha value is -2.33. The van der Waals surface area contributed by atoms with Crippen LogP contribution < -0.4 is 10.2 Å². The number of halogens is 3. The summed E-state index contributed by atoms with van der Waals surface area (Å²) in [5.41, 5.74) is 0.995. The molecule has 2 amide bonds. The van der Waals surface area contributed by atoms with Crippen molar-refractivity contribution in [2.75, 3.05) is 76.9 Å². The number of carbonyl (C=O) groups excluding carboxylic acids is 2. The molecule has 1 aromatic rings. The highest BCUT2D eigenvalue weighted by molar-refractivity contribution is 5.95. The largest absolute Gasteiger partial charge is 0.405 e. The summed E-state index contributed by atoms with van der Waals surface area (Å²) in [7, 11) is 0. The van der Waals surface area contributed by atoms with Gasteiger partial charge in [0.1, 0.15) is 6.54 Å². The predicted molar refractivity (Wildman–Crippen MR) is 128 cm³/mol. The van der Waals surface area contributed by atoms with Crippen molar-refractivity contribution in [2.45, 2.75) is 33.4 Å².